The quantitative estimate of drug-likeness (QED) is 0.570. The van der Waals surface area contributed by atoms with Crippen LogP contribution < -0.4 is 10.5 Å². The van der Waals surface area contributed by atoms with Gasteiger partial charge in [-0.05, 0) is 24.6 Å². The number of aryl methyl sites for hydroxylation is 1. The molecule has 0 fully saturated rings. The number of aliphatic hydroxyl groups excluding tert-OH is 1. The van der Waals surface area contributed by atoms with E-state index in [0.717, 1.165) is 6.07 Å². The van der Waals surface area contributed by atoms with Gasteiger partial charge < -0.3 is 15.6 Å². The van der Waals surface area contributed by atoms with Crippen molar-refractivity contribution in [2.75, 3.05) is 13.7 Å². The van der Waals surface area contributed by atoms with Crippen LogP contribution in [0.1, 0.15) is 15.9 Å². The van der Waals surface area contributed by atoms with Gasteiger partial charge in [-0.2, -0.15) is 0 Å². The van der Waals surface area contributed by atoms with Crippen molar-refractivity contribution >= 4 is 21.9 Å². The lowest BCUT2D eigenvalue weighted by Crippen LogP contribution is -2.40. The van der Waals surface area contributed by atoms with E-state index in [-0.39, 0.29) is 10.5 Å². The Morgan fingerprint density at radius 1 is 1.43 bits per heavy atom. The molecule has 4 N–H and O–H groups in total. The molecule has 1 atom stereocenters. The minimum absolute atomic E-state index is 0.0684. The summed E-state index contributed by atoms with van der Waals surface area (Å²) in [5.74, 6) is -1.72. The number of carbonyl (C=O) groups is 2. The zero-order valence-electron chi connectivity index (χ0n) is 11.5. The molecule has 8 nitrogen and oxygen atoms in total. The van der Waals surface area contributed by atoms with Crippen LogP contribution in [-0.4, -0.2) is 45.2 Å². The van der Waals surface area contributed by atoms with Crippen LogP contribution in [0.3, 0.4) is 0 Å². The van der Waals surface area contributed by atoms with Crippen LogP contribution in [0.4, 0.5) is 0 Å². The summed E-state index contributed by atoms with van der Waals surface area (Å²) >= 11 is 0. The fraction of sp³-hybridized carbons (Fsp3) is 0.333. The van der Waals surface area contributed by atoms with E-state index in [0.29, 0.717) is 5.56 Å². The van der Waals surface area contributed by atoms with Gasteiger partial charge in [0.15, 0.2) is 0 Å². The number of aliphatic hydroxyl groups is 1. The molecule has 0 radical (unpaired) electrons. The maximum Gasteiger partial charge on any atom is 0.337 e. The number of primary amides is 1. The lowest BCUT2D eigenvalue weighted by Gasteiger charge is -2.12. The third-order valence-corrected chi connectivity index (χ3v) is 4.26. The number of ether oxygens (including phenoxy) is 1. The van der Waals surface area contributed by atoms with Crippen LogP contribution in [0.15, 0.2) is 23.1 Å². The van der Waals surface area contributed by atoms with Crippen LogP contribution in [0, 0.1) is 6.92 Å². The minimum Gasteiger partial charge on any atom is -0.465 e. The van der Waals surface area contributed by atoms with Crippen molar-refractivity contribution in [3.05, 3.63) is 29.3 Å². The molecule has 0 saturated heterocycles. The van der Waals surface area contributed by atoms with Crippen molar-refractivity contribution < 1.29 is 27.9 Å². The zero-order valence-corrected chi connectivity index (χ0v) is 12.3. The van der Waals surface area contributed by atoms with Gasteiger partial charge in [0.2, 0.25) is 15.9 Å². The van der Waals surface area contributed by atoms with Gasteiger partial charge in [0.05, 0.1) is 17.6 Å². The second-order valence-corrected chi connectivity index (χ2v) is 5.98. The van der Waals surface area contributed by atoms with E-state index in [4.69, 9.17) is 5.73 Å². The highest BCUT2D eigenvalue weighted by atomic mass is 32.2. The fourth-order valence-corrected chi connectivity index (χ4v) is 2.81. The Labute approximate surface area is 122 Å². The highest BCUT2D eigenvalue weighted by molar-refractivity contribution is 7.89. The summed E-state index contributed by atoms with van der Waals surface area (Å²) in [5.41, 5.74) is 5.29. The number of nitrogens with two attached hydrogens (primary N) is 1. The smallest absolute Gasteiger partial charge is 0.337 e. The van der Waals surface area contributed by atoms with E-state index in [9.17, 15) is 23.1 Å². The Morgan fingerprint density at radius 2 is 2.05 bits per heavy atom. The summed E-state index contributed by atoms with van der Waals surface area (Å²) in [6.45, 7) is 0.986. The molecule has 9 heteroatoms. The molecule has 0 aromatic heterocycles. The first-order valence-electron chi connectivity index (χ1n) is 5.85. The number of esters is 1. The fourth-order valence-electron chi connectivity index (χ4n) is 1.50. The van der Waals surface area contributed by atoms with Gasteiger partial charge in [0, 0.05) is 6.54 Å². The van der Waals surface area contributed by atoms with Gasteiger partial charge in [0.1, 0.15) is 6.10 Å². The second-order valence-electron chi connectivity index (χ2n) is 4.24. The molecule has 116 valence electrons. The van der Waals surface area contributed by atoms with Gasteiger partial charge in [-0.15, -0.1) is 0 Å². The number of benzene rings is 1. The molecule has 0 aliphatic rings. The molecule has 1 rings (SSSR count). The number of sulfonamides is 1. The summed E-state index contributed by atoms with van der Waals surface area (Å²) in [6.07, 6.45) is -1.64. The van der Waals surface area contributed by atoms with Crippen LogP contribution in [0.5, 0.6) is 0 Å². The van der Waals surface area contributed by atoms with Gasteiger partial charge >= 0.3 is 5.97 Å². The summed E-state index contributed by atoms with van der Waals surface area (Å²) in [5, 5.41) is 9.21. The Morgan fingerprint density at radius 3 is 2.57 bits per heavy atom. The lowest BCUT2D eigenvalue weighted by atomic mass is 10.1. The molecule has 0 saturated carbocycles. The van der Waals surface area contributed by atoms with E-state index in [2.05, 4.69) is 9.46 Å². The Kier molecular flexibility index (Phi) is 5.41. The Bertz CT molecular complexity index is 656. The number of rotatable bonds is 6. The lowest BCUT2D eigenvalue weighted by molar-refractivity contribution is -0.125. The number of hydrogen-bond acceptors (Lipinski definition) is 6. The molecule has 21 heavy (non-hydrogen) atoms. The van der Waals surface area contributed by atoms with Crippen LogP contribution >= 0.6 is 0 Å². The average molecular weight is 316 g/mol. The van der Waals surface area contributed by atoms with Gasteiger partial charge in [-0.1, -0.05) is 6.07 Å². The van der Waals surface area contributed by atoms with E-state index < -0.39 is 34.5 Å². The van der Waals surface area contributed by atoms with Crippen molar-refractivity contribution in [1.29, 1.82) is 0 Å². The standard InChI is InChI=1S/C12H16N2O6S/c1-7-3-4-8(12(17)20-2)5-10(7)21(18,19)14-6-9(15)11(13)16/h3-5,9,14-15H,6H2,1-2H3,(H2,13,16). The van der Waals surface area contributed by atoms with Crippen LogP contribution in [0.25, 0.3) is 0 Å². The number of carbonyl (C=O) groups excluding carboxylic acids is 2. The number of nitrogens with one attached hydrogen (secondary N) is 1. The van der Waals surface area contributed by atoms with Gasteiger partial charge in [0.25, 0.3) is 0 Å². The molecule has 0 bridgehead atoms. The van der Waals surface area contributed by atoms with Crippen molar-refractivity contribution in [3.8, 4) is 0 Å². The van der Waals surface area contributed by atoms with Crippen molar-refractivity contribution in [2.45, 2.75) is 17.9 Å². The van der Waals surface area contributed by atoms with E-state index in [1.165, 1.54) is 19.2 Å². The summed E-state index contributed by atoms with van der Waals surface area (Å²) in [7, 11) is -2.83. The molecule has 0 aliphatic heterocycles. The number of amides is 1. The second kappa shape index (κ2) is 6.66. The van der Waals surface area contributed by atoms with Gasteiger partial charge in [-0.25, -0.2) is 17.9 Å². The third-order valence-electron chi connectivity index (χ3n) is 2.69. The highest BCUT2D eigenvalue weighted by Crippen LogP contribution is 2.17. The minimum atomic E-state index is -4.01. The number of methoxy groups -OCH3 is 1. The molecule has 1 unspecified atom stereocenters. The molecular weight excluding hydrogens is 300 g/mol. The molecule has 1 aromatic carbocycles. The predicted molar refractivity (Wildman–Crippen MR) is 72.9 cm³/mol. The molecule has 1 amide bonds. The summed E-state index contributed by atoms with van der Waals surface area (Å²) in [6, 6.07) is 4.03. The largest absolute Gasteiger partial charge is 0.465 e. The first-order chi connectivity index (χ1) is 9.69. The summed E-state index contributed by atoms with van der Waals surface area (Å²) in [4.78, 5) is 21.9. The maximum absolute atomic E-state index is 12.1. The molecular formula is C12H16N2O6S. The predicted octanol–water partition coefficient (Wildman–Crippen LogP) is -1.09. The highest BCUT2D eigenvalue weighted by Gasteiger charge is 2.21. The van der Waals surface area contributed by atoms with E-state index in [1.54, 1.807) is 6.92 Å². The van der Waals surface area contributed by atoms with Crippen LogP contribution in [0.2, 0.25) is 0 Å². The van der Waals surface area contributed by atoms with E-state index in [1.807, 2.05) is 0 Å². The monoisotopic (exact) mass is 316 g/mol. The Balaban J connectivity index is 3.07. The van der Waals surface area contributed by atoms with Crippen molar-refractivity contribution in [3.63, 3.8) is 0 Å². The van der Waals surface area contributed by atoms with Crippen LogP contribution in [-0.2, 0) is 19.6 Å². The van der Waals surface area contributed by atoms with Gasteiger partial charge in [-0.3, -0.25) is 4.79 Å². The molecule has 0 heterocycles. The average Bonchev–Trinajstić information content (AvgIpc) is 2.44. The molecule has 0 spiro atoms. The normalized spacial score (nSPS) is 12.7. The topological polar surface area (TPSA) is 136 Å². The number of hydrogen-bond donors (Lipinski definition) is 3. The third kappa shape index (κ3) is 4.25. The first kappa shape index (κ1) is 17.1. The zero-order chi connectivity index (χ0) is 16.2. The maximum atomic E-state index is 12.1. The SMILES string of the molecule is COC(=O)c1ccc(C)c(S(=O)(=O)NCC(O)C(N)=O)c1. The summed E-state index contributed by atoms with van der Waals surface area (Å²) < 4.78 is 30.8. The Hall–Kier alpha value is -1.97. The first-order valence-corrected chi connectivity index (χ1v) is 7.33. The molecule has 1 aromatic rings. The molecule has 0 aliphatic carbocycles. The van der Waals surface area contributed by atoms with Crippen molar-refractivity contribution in [1.82, 2.24) is 4.72 Å². The van der Waals surface area contributed by atoms with Crippen molar-refractivity contribution in [2.24, 2.45) is 5.73 Å². The van der Waals surface area contributed by atoms with E-state index >= 15 is 0 Å².